The number of hydrogen-bond donors (Lipinski definition) is 2. The second-order valence-corrected chi connectivity index (χ2v) is 6.34. The van der Waals surface area contributed by atoms with Crippen LogP contribution in [0.1, 0.15) is 24.9 Å². The molecular formula is C18H29IN4O2. The van der Waals surface area contributed by atoms with Gasteiger partial charge in [-0.1, -0.05) is 30.3 Å². The molecule has 140 valence electrons. The van der Waals surface area contributed by atoms with Gasteiger partial charge in [-0.25, -0.2) is 4.99 Å². The first kappa shape index (κ1) is 21.7. The Balaban J connectivity index is 0.00000312. The van der Waals surface area contributed by atoms with Crippen LogP contribution in [-0.4, -0.2) is 57.2 Å². The Bertz CT molecular complexity index is 545. The van der Waals surface area contributed by atoms with Crippen LogP contribution in [0.5, 0.6) is 0 Å². The fourth-order valence-corrected chi connectivity index (χ4v) is 2.46. The number of likely N-dealkylation sites (N-methyl/N-ethyl adjacent to an activating group) is 1. The summed E-state index contributed by atoms with van der Waals surface area (Å²) in [4.78, 5) is 17.8. The van der Waals surface area contributed by atoms with Gasteiger partial charge in [0.1, 0.15) is 6.54 Å². The summed E-state index contributed by atoms with van der Waals surface area (Å²) in [7, 11) is 3.47. The number of ether oxygens (including phenoxy) is 1. The normalized spacial score (nSPS) is 18.2. The highest BCUT2D eigenvalue weighted by Gasteiger charge is 2.17. The predicted octanol–water partition coefficient (Wildman–Crippen LogP) is 2.03. The van der Waals surface area contributed by atoms with E-state index in [4.69, 9.17) is 4.74 Å². The molecular weight excluding hydrogens is 431 g/mol. The molecule has 1 aromatic rings. The Labute approximate surface area is 167 Å². The van der Waals surface area contributed by atoms with Crippen molar-refractivity contribution < 1.29 is 9.53 Å². The number of hydrogen-bond acceptors (Lipinski definition) is 3. The summed E-state index contributed by atoms with van der Waals surface area (Å²) < 4.78 is 5.41. The molecule has 0 spiro atoms. The maximum Gasteiger partial charge on any atom is 0.243 e. The Morgan fingerprint density at radius 2 is 2.08 bits per heavy atom. The summed E-state index contributed by atoms with van der Waals surface area (Å²) in [6.07, 6.45) is 1.06. The number of benzene rings is 1. The molecule has 7 heteroatoms. The van der Waals surface area contributed by atoms with Crippen molar-refractivity contribution in [1.82, 2.24) is 15.5 Å². The van der Waals surface area contributed by atoms with Gasteiger partial charge in [-0.15, -0.1) is 24.0 Å². The molecule has 6 nitrogen and oxygen atoms in total. The molecule has 1 fully saturated rings. The highest BCUT2D eigenvalue weighted by Crippen LogP contribution is 2.12. The van der Waals surface area contributed by atoms with E-state index in [1.165, 1.54) is 5.56 Å². The van der Waals surface area contributed by atoms with Crippen LogP contribution in [0.4, 0.5) is 0 Å². The second-order valence-electron chi connectivity index (χ2n) is 6.34. The molecule has 0 radical (unpaired) electrons. The first-order valence-electron chi connectivity index (χ1n) is 8.44. The van der Waals surface area contributed by atoms with Crippen molar-refractivity contribution in [2.24, 2.45) is 10.9 Å². The molecule has 2 rings (SSSR count). The molecule has 2 unspecified atom stereocenters. The van der Waals surface area contributed by atoms with Crippen LogP contribution in [0.3, 0.4) is 0 Å². The highest BCUT2D eigenvalue weighted by molar-refractivity contribution is 14.0. The van der Waals surface area contributed by atoms with E-state index < -0.39 is 0 Å². The van der Waals surface area contributed by atoms with Gasteiger partial charge in [0.2, 0.25) is 5.91 Å². The summed E-state index contributed by atoms with van der Waals surface area (Å²) >= 11 is 0. The van der Waals surface area contributed by atoms with E-state index in [1.807, 2.05) is 18.2 Å². The van der Waals surface area contributed by atoms with E-state index >= 15 is 0 Å². The number of nitrogens with one attached hydrogen (secondary N) is 2. The zero-order valence-corrected chi connectivity index (χ0v) is 17.5. The largest absolute Gasteiger partial charge is 0.381 e. The lowest BCUT2D eigenvalue weighted by atomic mass is 10.1. The van der Waals surface area contributed by atoms with Crippen molar-refractivity contribution in [3.63, 3.8) is 0 Å². The zero-order valence-electron chi connectivity index (χ0n) is 15.2. The minimum atomic E-state index is -0.0207. The maximum atomic E-state index is 11.8. The summed E-state index contributed by atoms with van der Waals surface area (Å²) in [5.74, 6) is 1.13. The third-order valence-electron chi connectivity index (χ3n) is 4.11. The average molecular weight is 460 g/mol. The number of carbonyl (C=O) groups excluding carboxylic acids is 1. The van der Waals surface area contributed by atoms with E-state index in [1.54, 1.807) is 19.0 Å². The lowest BCUT2D eigenvalue weighted by Gasteiger charge is -2.20. The first-order chi connectivity index (χ1) is 11.6. The number of nitrogens with zero attached hydrogens (tertiary/aromatic N) is 2. The van der Waals surface area contributed by atoms with Crippen LogP contribution < -0.4 is 10.6 Å². The van der Waals surface area contributed by atoms with Gasteiger partial charge >= 0.3 is 0 Å². The predicted molar refractivity (Wildman–Crippen MR) is 111 cm³/mol. The second kappa shape index (κ2) is 11.3. The Kier molecular flexibility index (Phi) is 9.81. The summed E-state index contributed by atoms with van der Waals surface area (Å²) in [6, 6.07) is 10.3. The van der Waals surface area contributed by atoms with Gasteiger partial charge in [-0.3, -0.25) is 4.79 Å². The Morgan fingerprint density at radius 3 is 2.68 bits per heavy atom. The first-order valence-corrected chi connectivity index (χ1v) is 8.44. The molecule has 1 saturated heterocycles. The van der Waals surface area contributed by atoms with E-state index in [0.717, 1.165) is 26.2 Å². The monoisotopic (exact) mass is 460 g/mol. The topological polar surface area (TPSA) is 66.0 Å². The highest BCUT2D eigenvalue weighted by atomic mass is 127. The van der Waals surface area contributed by atoms with E-state index in [-0.39, 0.29) is 42.5 Å². The number of guanidine groups is 1. The SMILES string of the molecule is CC(NC(=NCC(=O)N(C)C)NCC1CCOC1)c1ccccc1.I. The van der Waals surface area contributed by atoms with Crippen LogP contribution in [0.15, 0.2) is 35.3 Å². The number of aliphatic imine (C=N–C) groups is 1. The number of rotatable bonds is 6. The molecule has 0 aromatic heterocycles. The molecule has 1 aromatic carbocycles. The quantitative estimate of drug-likeness (QED) is 0.388. The molecule has 2 N–H and O–H groups in total. The van der Waals surface area contributed by atoms with Crippen LogP contribution in [0.2, 0.25) is 0 Å². The fourth-order valence-electron chi connectivity index (χ4n) is 2.46. The summed E-state index contributed by atoms with van der Waals surface area (Å²) in [6.45, 7) is 4.62. The lowest BCUT2D eigenvalue weighted by Crippen LogP contribution is -2.42. The van der Waals surface area contributed by atoms with Gasteiger partial charge in [0.25, 0.3) is 0 Å². The van der Waals surface area contributed by atoms with Crippen molar-refractivity contribution in [1.29, 1.82) is 0 Å². The third-order valence-corrected chi connectivity index (χ3v) is 4.11. The molecule has 2 atom stereocenters. The van der Waals surface area contributed by atoms with Gasteiger partial charge in [-0.05, 0) is 18.9 Å². The van der Waals surface area contributed by atoms with Gasteiger partial charge in [-0.2, -0.15) is 0 Å². The molecule has 0 aliphatic carbocycles. The summed E-state index contributed by atoms with van der Waals surface area (Å²) in [5.41, 5.74) is 1.18. The molecule has 0 bridgehead atoms. The lowest BCUT2D eigenvalue weighted by molar-refractivity contribution is -0.127. The third kappa shape index (κ3) is 7.60. The van der Waals surface area contributed by atoms with Gasteiger partial charge < -0.3 is 20.3 Å². The van der Waals surface area contributed by atoms with Crippen LogP contribution in [0.25, 0.3) is 0 Å². The van der Waals surface area contributed by atoms with Gasteiger partial charge in [0, 0.05) is 33.2 Å². The number of amides is 1. The Morgan fingerprint density at radius 1 is 1.36 bits per heavy atom. The minimum Gasteiger partial charge on any atom is -0.381 e. The minimum absolute atomic E-state index is 0. The van der Waals surface area contributed by atoms with E-state index in [9.17, 15) is 4.79 Å². The zero-order chi connectivity index (χ0) is 17.4. The molecule has 1 heterocycles. The van der Waals surface area contributed by atoms with E-state index in [2.05, 4.69) is 34.7 Å². The number of halogens is 1. The van der Waals surface area contributed by atoms with Gasteiger partial charge in [0.15, 0.2) is 5.96 Å². The van der Waals surface area contributed by atoms with Crippen molar-refractivity contribution in [3.05, 3.63) is 35.9 Å². The molecule has 25 heavy (non-hydrogen) atoms. The summed E-state index contributed by atoms with van der Waals surface area (Å²) in [5, 5.41) is 6.72. The van der Waals surface area contributed by atoms with E-state index in [0.29, 0.717) is 11.9 Å². The standard InChI is InChI=1S/C18H28N4O2.HI/c1-14(16-7-5-4-6-8-16)21-18(20-12-17(23)22(2)3)19-11-15-9-10-24-13-15;/h4-8,14-15H,9-13H2,1-3H3,(H2,19,20,21);1H. The van der Waals surface area contributed by atoms with Crippen molar-refractivity contribution in [3.8, 4) is 0 Å². The van der Waals surface area contributed by atoms with Crippen molar-refractivity contribution in [2.45, 2.75) is 19.4 Å². The average Bonchev–Trinajstić information content (AvgIpc) is 3.11. The van der Waals surface area contributed by atoms with Crippen LogP contribution in [-0.2, 0) is 9.53 Å². The Hall–Kier alpha value is -1.35. The number of carbonyl (C=O) groups is 1. The van der Waals surface area contributed by atoms with Gasteiger partial charge in [0.05, 0.1) is 12.6 Å². The van der Waals surface area contributed by atoms with Crippen molar-refractivity contribution >= 4 is 35.8 Å². The molecule has 1 aliphatic heterocycles. The fraction of sp³-hybridized carbons (Fsp3) is 0.556. The van der Waals surface area contributed by atoms with Crippen LogP contribution >= 0.6 is 24.0 Å². The van der Waals surface area contributed by atoms with Crippen LogP contribution in [0, 0.1) is 5.92 Å². The molecule has 1 amide bonds. The maximum absolute atomic E-state index is 11.8. The molecule has 0 saturated carbocycles. The molecule has 1 aliphatic rings. The van der Waals surface area contributed by atoms with Crippen molar-refractivity contribution in [2.75, 3.05) is 40.4 Å². The smallest absolute Gasteiger partial charge is 0.243 e.